The molecule has 0 amide bonds. The molecule has 0 spiro atoms. The van der Waals surface area contributed by atoms with Gasteiger partial charge in [-0.3, -0.25) is 0 Å². The van der Waals surface area contributed by atoms with E-state index in [1.807, 2.05) is 13.8 Å². The molecule has 2 N–H and O–H groups in total. The summed E-state index contributed by atoms with van der Waals surface area (Å²) in [6, 6.07) is 0. The van der Waals surface area contributed by atoms with E-state index in [9.17, 15) is 5.11 Å². The molecular weight excluding hydrogens is 188 g/mol. The molecule has 0 unspecified atom stereocenters. The molecule has 1 saturated heterocycles. The van der Waals surface area contributed by atoms with Gasteiger partial charge in [0.25, 0.3) is 0 Å². The van der Waals surface area contributed by atoms with Crippen molar-refractivity contribution in [2.75, 3.05) is 33.2 Å². The Hall–Kier alpha value is -0.120. The van der Waals surface area contributed by atoms with Crippen molar-refractivity contribution >= 4 is 0 Å². The quantitative estimate of drug-likeness (QED) is 0.672. The maximum Gasteiger partial charge on any atom is 0.0715 e. The predicted molar refractivity (Wildman–Crippen MR) is 64.0 cm³/mol. The van der Waals surface area contributed by atoms with Crippen LogP contribution in [0.4, 0.5) is 0 Å². The Labute approximate surface area is 93.9 Å². The minimum absolute atomic E-state index is 0.577. The molecule has 0 bridgehead atoms. The highest BCUT2D eigenvalue weighted by Crippen LogP contribution is 2.18. The highest BCUT2D eigenvalue weighted by Gasteiger charge is 2.16. The van der Waals surface area contributed by atoms with Crippen LogP contribution in [0.2, 0.25) is 0 Å². The molecule has 0 aromatic heterocycles. The molecule has 15 heavy (non-hydrogen) atoms. The Balaban J connectivity index is 2.01. The first kappa shape index (κ1) is 12.9. The molecule has 1 fully saturated rings. The van der Waals surface area contributed by atoms with Gasteiger partial charge in [-0.25, -0.2) is 0 Å². The molecule has 1 heterocycles. The lowest BCUT2D eigenvalue weighted by atomic mass is 9.94. The summed E-state index contributed by atoms with van der Waals surface area (Å²) in [5.41, 5.74) is -0.577. The number of likely N-dealkylation sites (tertiary alicyclic amines) is 1. The minimum Gasteiger partial charge on any atom is -0.389 e. The van der Waals surface area contributed by atoms with Crippen LogP contribution in [0.25, 0.3) is 0 Å². The summed E-state index contributed by atoms with van der Waals surface area (Å²) in [6.07, 6.45) is 3.92. The van der Waals surface area contributed by atoms with E-state index in [-0.39, 0.29) is 0 Å². The molecule has 0 saturated carbocycles. The number of hydrogen-bond donors (Lipinski definition) is 2. The monoisotopic (exact) mass is 214 g/mol. The van der Waals surface area contributed by atoms with E-state index in [1.165, 1.54) is 32.4 Å². The van der Waals surface area contributed by atoms with Crippen molar-refractivity contribution in [3.63, 3.8) is 0 Å². The molecule has 90 valence electrons. The zero-order valence-electron chi connectivity index (χ0n) is 10.4. The van der Waals surface area contributed by atoms with E-state index < -0.39 is 5.60 Å². The van der Waals surface area contributed by atoms with Gasteiger partial charge in [-0.2, -0.15) is 0 Å². The lowest BCUT2D eigenvalue weighted by Gasteiger charge is -2.29. The topological polar surface area (TPSA) is 35.5 Å². The maximum atomic E-state index is 9.52. The third-order valence-corrected chi connectivity index (χ3v) is 3.13. The van der Waals surface area contributed by atoms with Gasteiger partial charge in [-0.1, -0.05) is 0 Å². The van der Waals surface area contributed by atoms with Gasteiger partial charge in [0.15, 0.2) is 0 Å². The fourth-order valence-electron chi connectivity index (χ4n) is 2.05. The molecule has 3 heteroatoms. The molecule has 3 nitrogen and oxygen atoms in total. The van der Waals surface area contributed by atoms with Gasteiger partial charge >= 0.3 is 0 Å². The summed E-state index contributed by atoms with van der Waals surface area (Å²) in [6.45, 7) is 7.91. The summed E-state index contributed by atoms with van der Waals surface area (Å²) >= 11 is 0. The van der Waals surface area contributed by atoms with Gasteiger partial charge in [0.2, 0.25) is 0 Å². The molecule has 1 rings (SSSR count). The Bertz CT molecular complexity index is 169. The van der Waals surface area contributed by atoms with Crippen LogP contribution in [0.5, 0.6) is 0 Å². The average Bonchev–Trinajstić information content (AvgIpc) is 2.14. The molecule has 1 aliphatic rings. The smallest absolute Gasteiger partial charge is 0.0715 e. The van der Waals surface area contributed by atoms with Gasteiger partial charge < -0.3 is 15.3 Å². The molecule has 0 aromatic rings. The van der Waals surface area contributed by atoms with E-state index in [2.05, 4.69) is 17.3 Å². The highest BCUT2D eigenvalue weighted by molar-refractivity contribution is 4.72. The van der Waals surface area contributed by atoms with Gasteiger partial charge in [0.1, 0.15) is 0 Å². The first-order valence-corrected chi connectivity index (χ1v) is 6.09. The third-order valence-electron chi connectivity index (χ3n) is 3.13. The van der Waals surface area contributed by atoms with Crippen molar-refractivity contribution in [3.8, 4) is 0 Å². The highest BCUT2D eigenvalue weighted by atomic mass is 16.3. The van der Waals surface area contributed by atoms with Crippen molar-refractivity contribution in [1.29, 1.82) is 0 Å². The number of piperidine rings is 1. The van der Waals surface area contributed by atoms with Crippen molar-refractivity contribution in [1.82, 2.24) is 10.2 Å². The molecule has 0 atom stereocenters. The van der Waals surface area contributed by atoms with Gasteiger partial charge in [-0.15, -0.1) is 0 Å². The van der Waals surface area contributed by atoms with Crippen molar-refractivity contribution in [2.45, 2.75) is 38.7 Å². The SMILES string of the molecule is CN1CCC(CCNCC(C)(C)O)CC1. The second kappa shape index (κ2) is 5.83. The molecule has 0 aromatic carbocycles. The van der Waals surface area contributed by atoms with Crippen LogP contribution in [0.3, 0.4) is 0 Å². The predicted octanol–water partition coefficient (Wildman–Crippen LogP) is 1.08. The zero-order valence-corrected chi connectivity index (χ0v) is 10.4. The largest absolute Gasteiger partial charge is 0.389 e. The molecular formula is C12H26N2O. The van der Waals surface area contributed by atoms with E-state index in [0.29, 0.717) is 6.54 Å². The lowest BCUT2D eigenvalue weighted by Crippen LogP contribution is -2.36. The van der Waals surface area contributed by atoms with Crippen LogP contribution in [0.15, 0.2) is 0 Å². The standard InChI is InChI=1S/C12H26N2O/c1-12(2,15)10-13-7-4-11-5-8-14(3)9-6-11/h11,13,15H,4-10H2,1-3H3. The summed E-state index contributed by atoms with van der Waals surface area (Å²) in [4.78, 5) is 2.40. The number of nitrogens with zero attached hydrogens (tertiary/aromatic N) is 1. The Morgan fingerprint density at radius 1 is 1.33 bits per heavy atom. The summed E-state index contributed by atoms with van der Waals surface area (Å²) in [5, 5.41) is 12.8. The van der Waals surface area contributed by atoms with Crippen LogP contribution >= 0.6 is 0 Å². The van der Waals surface area contributed by atoms with Crippen molar-refractivity contribution < 1.29 is 5.11 Å². The van der Waals surface area contributed by atoms with E-state index in [0.717, 1.165) is 12.5 Å². The molecule has 1 aliphatic heterocycles. The van der Waals surface area contributed by atoms with Crippen molar-refractivity contribution in [2.24, 2.45) is 5.92 Å². The average molecular weight is 214 g/mol. The molecule has 0 radical (unpaired) electrons. The maximum absolute atomic E-state index is 9.52. The second-order valence-corrected chi connectivity index (χ2v) is 5.52. The Kier molecular flexibility index (Phi) is 5.03. The summed E-state index contributed by atoms with van der Waals surface area (Å²) in [7, 11) is 2.20. The van der Waals surface area contributed by atoms with Gasteiger partial charge in [0.05, 0.1) is 5.60 Å². The van der Waals surface area contributed by atoms with Crippen molar-refractivity contribution in [3.05, 3.63) is 0 Å². The number of rotatable bonds is 5. The van der Waals surface area contributed by atoms with Crippen LogP contribution in [-0.4, -0.2) is 48.8 Å². The lowest BCUT2D eigenvalue weighted by molar-refractivity contribution is 0.0791. The number of nitrogens with one attached hydrogen (secondary N) is 1. The van der Waals surface area contributed by atoms with Crippen LogP contribution in [0.1, 0.15) is 33.1 Å². The third kappa shape index (κ3) is 6.13. The summed E-state index contributed by atoms with van der Waals surface area (Å²) in [5.74, 6) is 0.885. The van der Waals surface area contributed by atoms with Crippen LogP contribution in [-0.2, 0) is 0 Å². The number of hydrogen-bond acceptors (Lipinski definition) is 3. The van der Waals surface area contributed by atoms with Gasteiger partial charge in [0, 0.05) is 6.54 Å². The fourth-order valence-corrected chi connectivity index (χ4v) is 2.05. The van der Waals surface area contributed by atoms with Crippen LogP contribution in [0, 0.1) is 5.92 Å². The summed E-state index contributed by atoms with van der Waals surface area (Å²) < 4.78 is 0. The Morgan fingerprint density at radius 3 is 2.47 bits per heavy atom. The first-order valence-electron chi connectivity index (χ1n) is 6.09. The van der Waals surface area contributed by atoms with Crippen LogP contribution < -0.4 is 5.32 Å². The zero-order chi connectivity index (χ0) is 11.3. The first-order chi connectivity index (χ1) is 6.97. The number of aliphatic hydroxyl groups is 1. The van der Waals surface area contributed by atoms with E-state index >= 15 is 0 Å². The Morgan fingerprint density at radius 2 is 1.93 bits per heavy atom. The normalized spacial score (nSPS) is 20.8. The second-order valence-electron chi connectivity index (χ2n) is 5.52. The van der Waals surface area contributed by atoms with Gasteiger partial charge in [-0.05, 0) is 65.7 Å². The van der Waals surface area contributed by atoms with E-state index in [1.54, 1.807) is 0 Å². The molecule has 0 aliphatic carbocycles. The minimum atomic E-state index is -0.577. The fraction of sp³-hybridized carbons (Fsp3) is 1.00. The van der Waals surface area contributed by atoms with E-state index in [4.69, 9.17) is 0 Å².